The molecule has 0 atom stereocenters. The molecule has 3 heterocycles. The number of nitrogens with one attached hydrogen (secondary N) is 1. The van der Waals surface area contributed by atoms with Gasteiger partial charge in [0.15, 0.2) is 5.65 Å². The minimum absolute atomic E-state index is 0.818. The lowest BCUT2D eigenvalue weighted by Gasteiger charge is -2.27. The average molecular weight is 367 g/mol. The van der Waals surface area contributed by atoms with E-state index in [9.17, 15) is 0 Å². The molecule has 2 aromatic carbocycles. The van der Waals surface area contributed by atoms with Gasteiger partial charge in [-0.3, -0.25) is 0 Å². The number of benzene rings is 2. The highest BCUT2D eigenvalue weighted by atomic mass is 15.1. The molecule has 0 spiro atoms. The fourth-order valence-corrected chi connectivity index (χ4v) is 4.21. The Morgan fingerprint density at radius 1 is 1.14 bits per heavy atom. The van der Waals surface area contributed by atoms with Crippen LogP contribution in [0.4, 0.5) is 0 Å². The lowest BCUT2D eigenvalue weighted by atomic mass is 9.92. The van der Waals surface area contributed by atoms with Crippen LogP contribution in [0.15, 0.2) is 42.7 Å². The monoisotopic (exact) mass is 367 g/mol. The highest BCUT2D eigenvalue weighted by Gasteiger charge is 2.17. The van der Waals surface area contributed by atoms with E-state index in [4.69, 9.17) is 4.98 Å². The molecule has 0 bridgehead atoms. The Hall–Kier alpha value is -2.98. The molecule has 0 aliphatic carbocycles. The first-order valence-electron chi connectivity index (χ1n) is 9.72. The maximum absolute atomic E-state index is 5.00. The topological polar surface area (TPSA) is 44.8 Å². The number of likely N-dealkylation sites (N-methyl/N-ethyl adjacent to an activating group) is 1. The van der Waals surface area contributed by atoms with E-state index in [1.807, 2.05) is 18.5 Å². The standard InChI is InChI=1S/C24H23N4/c1-15-5-4-6-17(9-15)21-12-25-24-23(21)27-22(13-26-24)18-10-16(2)20-7-8-28(3)14-19(20)11-18/h4,6,9-13H,7-8,14H2,1-3H3,(H,25,26). The summed E-state index contributed by atoms with van der Waals surface area (Å²) in [5, 5.41) is 0. The maximum Gasteiger partial charge on any atom is 0.156 e. The van der Waals surface area contributed by atoms with Crippen LogP contribution in [-0.2, 0) is 13.0 Å². The van der Waals surface area contributed by atoms with Gasteiger partial charge in [0.05, 0.1) is 11.9 Å². The summed E-state index contributed by atoms with van der Waals surface area (Å²) in [6.45, 7) is 6.39. The number of nitrogens with zero attached hydrogens (tertiary/aromatic N) is 3. The van der Waals surface area contributed by atoms with Crippen LogP contribution in [0.2, 0.25) is 0 Å². The van der Waals surface area contributed by atoms with Crippen molar-refractivity contribution in [3.05, 3.63) is 71.0 Å². The molecule has 0 saturated heterocycles. The number of aromatic amines is 1. The van der Waals surface area contributed by atoms with Crippen molar-refractivity contribution >= 4 is 11.2 Å². The number of fused-ring (bicyclic) bond motifs is 2. The number of hydrogen-bond donors (Lipinski definition) is 1. The van der Waals surface area contributed by atoms with Gasteiger partial charge >= 0.3 is 0 Å². The Morgan fingerprint density at radius 2 is 2.04 bits per heavy atom. The molecule has 2 aromatic heterocycles. The van der Waals surface area contributed by atoms with Gasteiger partial charge in [0.2, 0.25) is 0 Å². The molecule has 1 N–H and O–H groups in total. The first kappa shape index (κ1) is 17.1. The van der Waals surface area contributed by atoms with Crippen molar-refractivity contribution in [1.82, 2.24) is 19.9 Å². The second-order valence-corrected chi connectivity index (χ2v) is 7.83. The molecule has 1 aliphatic rings. The highest BCUT2D eigenvalue weighted by Crippen LogP contribution is 2.31. The molecule has 5 rings (SSSR count). The highest BCUT2D eigenvalue weighted by molar-refractivity contribution is 5.91. The quantitative estimate of drug-likeness (QED) is 0.559. The van der Waals surface area contributed by atoms with Crippen molar-refractivity contribution in [2.24, 2.45) is 0 Å². The van der Waals surface area contributed by atoms with Crippen LogP contribution in [0.3, 0.4) is 0 Å². The van der Waals surface area contributed by atoms with Crippen LogP contribution in [0.25, 0.3) is 33.5 Å². The van der Waals surface area contributed by atoms with E-state index >= 15 is 0 Å². The molecule has 4 nitrogen and oxygen atoms in total. The summed E-state index contributed by atoms with van der Waals surface area (Å²) in [7, 11) is 2.18. The largest absolute Gasteiger partial charge is 0.344 e. The van der Waals surface area contributed by atoms with Crippen molar-refractivity contribution in [2.75, 3.05) is 13.6 Å². The fraction of sp³-hybridized carbons (Fsp3) is 0.250. The van der Waals surface area contributed by atoms with Crippen LogP contribution in [0.5, 0.6) is 0 Å². The molecule has 4 aromatic rings. The lowest BCUT2D eigenvalue weighted by Crippen LogP contribution is -2.27. The molecule has 1 radical (unpaired) electrons. The van der Waals surface area contributed by atoms with Gasteiger partial charge in [0.25, 0.3) is 0 Å². The van der Waals surface area contributed by atoms with Gasteiger partial charge in [-0.15, -0.1) is 0 Å². The average Bonchev–Trinajstić information content (AvgIpc) is 3.10. The third kappa shape index (κ3) is 2.90. The van der Waals surface area contributed by atoms with Gasteiger partial charge in [-0.1, -0.05) is 18.2 Å². The van der Waals surface area contributed by atoms with Gasteiger partial charge < -0.3 is 9.88 Å². The van der Waals surface area contributed by atoms with Crippen LogP contribution in [0.1, 0.15) is 22.3 Å². The number of hydrogen-bond acceptors (Lipinski definition) is 3. The first-order valence-corrected chi connectivity index (χ1v) is 9.72. The normalized spacial score (nSPS) is 14.4. The zero-order valence-electron chi connectivity index (χ0n) is 16.5. The fourth-order valence-electron chi connectivity index (χ4n) is 4.21. The van der Waals surface area contributed by atoms with Gasteiger partial charge in [-0.05, 0) is 73.3 Å². The molecule has 1 aliphatic heterocycles. The second kappa shape index (κ2) is 6.57. The molecule has 139 valence electrons. The third-order valence-corrected chi connectivity index (χ3v) is 5.68. The number of aromatic nitrogens is 3. The van der Waals surface area contributed by atoms with E-state index in [1.165, 1.54) is 16.7 Å². The maximum atomic E-state index is 5.00. The van der Waals surface area contributed by atoms with Gasteiger partial charge in [0.1, 0.15) is 5.52 Å². The number of H-pyrrole nitrogens is 1. The predicted octanol–water partition coefficient (Wildman–Crippen LogP) is 4.70. The van der Waals surface area contributed by atoms with Crippen molar-refractivity contribution in [1.29, 1.82) is 0 Å². The van der Waals surface area contributed by atoms with Gasteiger partial charge in [-0.2, -0.15) is 0 Å². The molecule has 0 fully saturated rings. The summed E-state index contributed by atoms with van der Waals surface area (Å²) < 4.78 is 0. The first-order chi connectivity index (χ1) is 13.6. The molecule has 0 saturated carbocycles. The van der Waals surface area contributed by atoms with E-state index in [-0.39, 0.29) is 0 Å². The van der Waals surface area contributed by atoms with E-state index in [0.717, 1.165) is 58.6 Å². The summed E-state index contributed by atoms with van der Waals surface area (Å²) >= 11 is 0. The van der Waals surface area contributed by atoms with Crippen LogP contribution >= 0.6 is 0 Å². The number of rotatable bonds is 2. The third-order valence-electron chi connectivity index (χ3n) is 5.68. The van der Waals surface area contributed by atoms with Crippen molar-refractivity contribution in [3.8, 4) is 22.4 Å². The van der Waals surface area contributed by atoms with Crippen LogP contribution < -0.4 is 0 Å². The molecular formula is C24H23N4. The summed E-state index contributed by atoms with van der Waals surface area (Å²) in [4.78, 5) is 15.3. The predicted molar refractivity (Wildman–Crippen MR) is 113 cm³/mol. The molecular weight excluding hydrogens is 344 g/mol. The van der Waals surface area contributed by atoms with Gasteiger partial charge in [0, 0.05) is 30.4 Å². The summed E-state index contributed by atoms with van der Waals surface area (Å²) in [6.07, 6.45) is 4.99. The van der Waals surface area contributed by atoms with E-state index in [0.29, 0.717) is 0 Å². The summed E-state index contributed by atoms with van der Waals surface area (Å²) in [5.74, 6) is 0. The van der Waals surface area contributed by atoms with E-state index in [2.05, 4.69) is 66.1 Å². The smallest absolute Gasteiger partial charge is 0.156 e. The van der Waals surface area contributed by atoms with Crippen molar-refractivity contribution in [2.45, 2.75) is 26.8 Å². The molecule has 4 heteroatoms. The lowest BCUT2D eigenvalue weighted by molar-refractivity contribution is 0.312. The zero-order chi connectivity index (χ0) is 19.3. The van der Waals surface area contributed by atoms with E-state index in [1.54, 1.807) is 0 Å². The SMILES string of the molecule is Cc1[c]ccc(-c2c[nH]c3ncc(-c4cc(C)c5c(c4)CN(C)CC5)nc23)c1. The minimum atomic E-state index is 0.818. The van der Waals surface area contributed by atoms with Gasteiger partial charge in [-0.25, -0.2) is 9.97 Å². The van der Waals surface area contributed by atoms with Crippen molar-refractivity contribution in [3.63, 3.8) is 0 Å². The second-order valence-electron chi connectivity index (χ2n) is 7.83. The Labute approximate surface area is 165 Å². The molecule has 0 unspecified atom stereocenters. The van der Waals surface area contributed by atoms with Crippen molar-refractivity contribution < 1.29 is 0 Å². The summed E-state index contributed by atoms with van der Waals surface area (Å²) in [6, 6.07) is 13.9. The van der Waals surface area contributed by atoms with Crippen LogP contribution in [0, 0.1) is 19.9 Å². The minimum Gasteiger partial charge on any atom is -0.344 e. The van der Waals surface area contributed by atoms with Crippen LogP contribution in [-0.4, -0.2) is 33.4 Å². The Morgan fingerprint density at radius 3 is 2.89 bits per heavy atom. The molecule has 28 heavy (non-hydrogen) atoms. The number of aryl methyl sites for hydroxylation is 2. The van der Waals surface area contributed by atoms with E-state index < -0.39 is 0 Å². The Kier molecular flexibility index (Phi) is 4.02. The molecule has 0 amide bonds. The summed E-state index contributed by atoms with van der Waals surface area (Å²) in [5.41, 5.74) is 11.4. The Bertz CT molecular complexity index is 1190. The Balaban J connectivity index is 1.64. The zero-order valence-corrected chi connectivity index (χ0v) is 16.5.